The number of methoxy groups -OCH3 is 1. The number of carbonyl (C=O) groups is 1. The number of piperidine rings is 1. The van der Waals surface area contributed by atoms with Gasteiger partial charge in [-0.1, -0.05) is 13.8 Å². The predicted octanol–water partition coefficient (Wildman–Crippen LogP) is 4.11. The minimum absolute atomic E-state index is 0.0770. The molecule has 1 amide bonds. The van der Waals surface area contributed by atoms with Gasteiger partial charge in [-0.25, -0.2) is 12.8 Å². The highest BCUT2D eigenvalue weighted by Gasteiger charge is 2.27. The first-order valence-electron chi connectivity index (χ1n) is 10.9. The zero-order valence-electron chi connectivity index (χ0n) is 18.7. The van der Waals surface area contributed by atoms with Crippen LogP contribution in [0.15, 0.2) is 41.3 Å². The third-order valence-corrected chi connectivity index (χ3v) is 7.72. The zero-order valence-corrected chi connectivity index (χ0v) is 19.5. The van der Waals surface area contributed by atoms with Crippen molar-refractivity contribution in [2.45, 2.75) is 38.0 Å². The Labute approximate surface area is 189 Å². The molecular formula is C23H30FN3O4S. The lowest BCUT2D eigenvalue weighted by Gasteiger charge is -2.30. The highest BCUT2D eigenvalue weighted by Crippen LogP contribution is 2.31. The second-order valence-electron chi connectivity index (χ2n) is 7.62. The van der Waals surface area contributed by atoms with Crippen LogP contribution >= 0.6 is 0 Å². The van der Waals surface area contributed by atoms with Crippen molar-refractivity contribution in [2.75, 3.05) is 43.5 Å². The number of rotatable bonds is 8. The Morgan fingerprint density at radius 2 is 1.78 bits per heavy atom. The van der Waals surface area contributed by atoms with Crippen molar-refractivity contribution in [1.82, 2.24) is 4.31 Å². The Kier molecular flexibility index (Phi) is 7.73. The molecule has 0 spiro atoms. The average molecular weight is 464 g/mol. The monoisotopic (exact) mass is 463 g/mol. The summed E-state index contributed by atoms with van der Waals surface area (Å²) in [6.45, 7) is 5.75. The topological polar surface area (TPSA) is 79.0 Å². The van der Waals surface area contributed by atoms with Crippen molar-refractivity contribution in [3.8, 4) is 5.75 Å². The zero-order chi connectivity index (χ0) is 23.3. The molecule has 0 aromatic heterocycles. The van der Waals surface area contributed by atoms with Gasteiger partial charge in [-0.3, -0.25) is 4.79 Å². The molecule has 174 valence electrons. The van der Waals surface area contributed by atoms with Gasteiger partial charge < -0.3 is 15.0 Å². The molecule has 7 nitrogen and oxygen atoms in total. The second-order valence-corrected chi connectivity index (χ2v) is 9.52. The molecule has 32 heavy (non-hydrogen) atoms. The number of hydrogen-bond donors (Lipinski definition) is 1. The molecule has 1 N–H and O–H groups in total. The molecule has 3 rings (SSSR count). The normalized spacial score (nSPS) is 14.5. The Balaban J connectivity index is 1.95. The van der Waals surface area contributed by atoms with Crippen LogP contribution in [-0.2, 0) is 10.0 Å². The molecule has 1 saturated heterocycles. The molecule has 2 aromatic rings. The minimum atomic E-state index is -3.84. The van der Waals surface area contributed by atoms with Crippen LogP contribution in [0.4, 0.5) is 15.8 Å². The number of anilines is 2. The molecule has 0 aliphatic carbocycles. The lowest BCUT2D eigenvalue weighted by Crippen LogP contribution is -2.31. The largest absolute Gasteiger partial charge is 0.495 e. The van der Waals surface area contributed by atoms with Crippen LogP contribution in [0, 0.1) is 5.82 Å². The molecular weight excluding hydrogens is 433 g/mol. The number of carbonyl (C=O) groups excluding carboxylic acids is 1. The molecule has 0 unspecified atom stereocenters. The van der Waals surface area contributed by atoms with Crippen molar-refractivity contribution in [3.05, 3.63) is 47.8 Å². The molecule has 1 aliphatic rings. The maximum atomic E-state index is 14.0. The van der Waals surface area contributed by atoms with Gasteiger partial charge in [0.1, 0.15) is 16.5 Å². The summed E-state index contributed by atoms with van der Waals surface area (Å²) in [6.07, 6.45) is 3.22. The molecule has 0 saturated carbocycles. The summed E-state index contributed by atoms with van der Waals surface area (Å²) in [5.41, 5.74) is 1.26. The summed E-state index contributed by atoms with van der Waals surface area (Å²) >= 11 is 0. The van der Waals surface area contributed by atoms with Gasteiger partial charge in [-0.05, 0) is 55.7 Å². The number of amides is 1. The van der Waals surface area contributed by atoms with E-state index in [9.17, 15) is 17.6 Å². The molecule has 0 radical (unpaired) electrons. The Morgan fingerprint density at radius 1 is 1.09 bits per heavy atom. The van der Waals surface area contributed by atoms with E-state index in [2.05, 4.69) is 10.2 Å². The smallest absolute Gasteiger partial charge is 0.255 e. The summed E-state index contributed by atoms with van der Waals surface area (Å²) < 4.78 is 46.7. The first-order chi connectivity index (χ1) is 15.3. The summed E-state index contributed by atoms with van der Waals surface area (Å²) in [4.78, 5) is 15.1. The third-order valence-electron chi connectivity index (χ3n) is 5.65. The van der Waals surface area contributed by atoms with E-state index in [1.807, 2.05) is 0 Å². The van der Waals surface area contributed by atoms with E-state index in [-0.39, 0.29) is 16.2 Å². The number of nitrogens with zero attached hydrogens (tertiary/aromatic N) is 2. The van der Waals surface area contributed by atoms with Gasteiger partial charge in [0, 0.05) is 31.7 Å². The van der Waals surface area contributed by atoms with E-state index < -0.39 is 21.7 Å². The van der Waals surface area contributed by atoms with Crippen molar-refractivity contribution >= 4 is 27.3 Å². The molecule has 1 aliphatic heterocycles. The standard InChI is InChI=1S/C23H30FN3O4S/c1-4-27(5-2)32(29,30)22-15-17(9-12-21(22)31-3)23(28)25-19-16-18(24)10-11-20(19)26-13-7-6-8-14-26/h9-12,15-16H,4-8,13-14H2,1-3H3,(H,25,28). The van der Waals surface area contributed by atoms with Crippen LogP contribution in [0.3, 0.4) is 0 Å². The highest BCUT2D eigenvalue weighted by atomic mass is 32.2. The number of nitrogens with one attached hydrogen (secondary N) is 1. The first-order valence-corrected chi connectivity index (χ1v) is 12.3. The van der Waals surface area contributed by atoms with Crippen LogP contribution < -0.4 is 15.0 Å². The predicted molar refractivity (Wildman–Crippen MR) is 124 cm³/mol. The van der Waals surface area contributed by atoms with Crippen molar-refractivity contribution < 1.29 is 22.3 Å². The first kappa shape index (κ1) is 24.0. The number of halogens is 1. The van der Waals surface area contributed by atoms with Crippen LogP contribution in [0.1, 0.15) is 43.5 Å². The molecule has 0 bridgehead atoms. The van der Waals surface area contributed by atoms with E-state index in [0.717, 1.165) is 38.0 Å². The van der Waals surface area contributed by atoms with E-state index in [4.69, 9.17) is 4.74 Å². The molecule has 2 aromatic carbocycles. The van der Waals surface area contributed by atoms with Crippen LogP contribution in [-0.4, -0.2) is 51.9 Å². The Morgan fingerprint density at radius 3 is 2.41 bits per heavy atom. The lowest BCUT2D eigenvalue weighted by molar-refractivity contribution is 0.102. The van der Waals surface area contributed by atoms with E-state index >= 15 is 0 Å². The van der Waals surface area contributed by atoms with E-state index in [0.29, 0.717) is 18.8 Å². The van der Waals surface area contributed by atoms with Gasteiger partial charge in [-0.2, -0.15) is 4.31 Å². The van der Waals surface area contributed by atoms with Crippen LogP contribution in [0.2, 0.25) is 0 Å². The molecule has 0 atom stereocenters. The maximum Gasteiger partial charge on any atom is 0.255 e. The van der Waals surface area contributed by atoms with Gasteiger partial charge in [0.2, 0.25) is 10.0 Å². The number of ether oxygens (including phenoxy) is 1. The van der Waals surface area contributed by atoms with Crippen LogP contribution in [0.25, 0.3) is 0 Å². The molecule has 1 heterocycles. The minimum Gasteiger partial charge on any atom is -0.495 e. The summed E-state index contributed by atoms with van der Waals surface area (Å²) in [5, 5.41) is 2.77. The number of benzene rings is 2. The van der Waals surface area contributed by atoms with Gasteiger partial charge in [-0.15, -0.1) is 0 Å². The Hall–Kier alpha value is -2.65. The van der Waals surface area contributed by atoms with Gasteiger partial charge >= 0.3 is 0 Å². The fourth-order valence-electron chi connectivity index (χ4n) is 3.94. The van der Waals surface area contributed by atoms with Gasteiger partial charge in [0.15, 0.2) is 0 Å². The number of sulfonamides is 1. The van der Waals surface area contributed by atoms with E-state index in [1.165, 1.54) is 41.7 Å². The fourth-order valence-corrected chi connectivity index (χ4v) is 5.58. The average Bonchev–Trinajstić information content (AvgIpc) is 2.80. The number of hydrogen-bond acceptors (Lipinski definition) is 5. The third kappa shape index (κ3) is 5.05. The molecule has 1 fully saturated rings. The quantitative estimate of drug-likeness (QED) is 0.638. The van der Waals surface area contributed by atoms with Gasteiger partial charge in [0.05, 0.1) is 18.5 Å². The SMILES string of the molecule is CCN(CC)S(=O)(=O)c1cc(C(=O)Nc2cc(F)ccc2N2CCCCC2)ccc1OC. The molecule has 9 heteroatoms. The lowest BCUT2D eigenvalue weighted by atomic mass is 10.1. The highest BCUT2D eigenvalue weighted by molar-refractivity contribution is 7.89. The van der Waals surface area contributed by atoms with Gasteiger partial charge in [0.25, 0.3) is 5.91 Å². The van der Waals surface area contributed by atoms with E-state index in [1.54, 1.807) is 19.9 Å². The summed E-state index contributed by atoms with van der Waals surface area (Å²) in [5.74, 6) is -0.818. The summed E-state index contributed by atoms with van der Waals surface area (Å²) in [7, 11) is -2.46. The van der Waals surface area contributed by atoms with Crippen molar-refractivity contribution in [1.29, 1.82) is 0 Å². The van der Waals surface area contributed by atoms with Crippen LogP contribution in [0.5, 0.6) is 5.75 Å². The van der Waals surface area contributed by atoms with Crippen molar-refractivity contribution in [3.63, 3.8) is 0 Å². The second kappa shape index (κ2) is 10.3. The fraction of sp³-hybridized carbons (Fsp3) is 0.435. The summed E-state index contributed by atoms with van der Waals surface area (Å²) in [6, 6.07) is 8.60. The van der Waals surface area contributed by atoms with Crippen molar-refractivity contribution in [2.24, 2.45) is 0 Å². The maximum absolute atomic E-state index is 14.0. The Bertz CT molecular complexity index is 1060.